The van der Waals surface area contributed by atoms with Crippen molar-refractivity contribution in [3.63, 3.8) is 0 Å². The predicted octanol–water partition coefficient (Wildman–Crippen LogP) is 2.62. The molecule has 0 amide bonds. The second-order valence-electron chi connectivity index (χ2n) is 5.74. The number of nitro benzene ring substituents is 1. The second-order valence-corrected chi connectivity index (χ2v) is 5.74. The van der Waals surface area contributed by atoms with Crippen molar-refractivity contribution in [1.82, 2.24) is 9.55 Å². The number of nitro groups is 1. The fourth-order valence-corrected chi connectivity index (χ4v) is 2.65. The molecule has 0 spiro atoms. The molecule has 2 N–H and O–H groups in total. The number of hydrogen-bond acceptors (Lipinski definition) is 6. The topological polar surface area (TPSA) is 110 Å². The average molecular weight is 354 g/mol. The highest BCUT2D eigenvalue weighted by Gasteiger charge is 2.15. The van der Waals surface area contributed by atoms with E-state index in [4.69, 9.17) is 5.11 Å². The molecule has 8 heteroatoms. The minimum atomic E-state index is -0.499. The molecule has 8 nitrogen and oxygen atoms in total. The molecule has 0 saturated heterocycles. The summed E-state index contributed by atoms with van der Waals surface area (Å²) >= 11 is 0. The Morgan fingerprint density at radius 1 is 1.19 bits per heavy atom. The van der Waals surface area contributed by atoms with Gasteiger partial charge in [-0.1, -0.05) is 12.1 Å². The highest BCUT2D eigenvalue weighted by Crippen LogP contribution is 2.21. The van der Waals surface area contributed by atoms with Gasteiger partial charge in [0.1, 0.15) is 0 Å². The zero-order valence-electron chi connectivity index (χ0n) is 14.0. The number of rotatable bonds is 8. The molecular weight excluding hydrogens is 336 g/mol. The summed E-state index contributed by atoms with van der Waals surface area (Å²) in [5, 5.41) is 22.8. The van der Waals surface area contributed by atoms with Crippen LogP contribution in [0.15, 0.2) is 48.5 Å². The standard InChI is InChI=1S/C18H18N4O4/c23-11-3-10-19-18-20-15-4-1-2-5-16(15)21(18)12-17(24)13-6-8-14(9-7-13)22(25)26/h1-2,4-9,23H,3,10-12H2,(H,19,20). The number of benzene rings is 2. The van der Waals surface area contributed by atoms with Crippen molar-refractivity contribution in [2.75, 3.05) is 18.5 Å². The molecule has 26 heavy (non-hydrogen) atoms. The summed E-state index contributed by atoms with van der Waals surface area (Å²) in [5.41, 5.74) is 1.92. The van der Waals surface area contributed by atoms with Gasteiger partial charge in [-0.25, -0.2) is 4.98 Å². The minimum absolute atomic E-state index is 0.0546. The molecule has 134 valence electrons. The molecule has 0 atom stereocenters. The quantitative estimate of drug-likeness (QED) is 0.278. The van der Waals surface area contributed by atoms with Gasteiger partial charge in [-0.2, -0.15) is 0 Å². The molecule has 0 radical (unpaired) electrons. The maximum Gasteiger partial charge on any atom is 0.269 e. The molecule has 3 aromatic rings. The van der Waals surface area contributed by atoms with E-state index < -0.39 is 4.92 Å². The van der Waals surface area contributed by atoms with E-state index >= 15 is 0 Å². The fraction of sp³-hybridized carbons (Fsp3) is 0.222. The van der Waals surface area contributed by atoms with Crippen LogP contribution < -0.4 is 5.32 Å². The molecule has 0 aliphatic carbocycles. The van der Waals surface area contributed by atoms with Crippen molar-refractivity contribution in [2.45, 2.75) is 13.0 Å². The van der Waals surface area contributed by atoms with Crippen LogP contribution >= 0.6 is 0 Å². The van der Waals surface area contributed by atoms with Gasteiger partial charge in [0.25, 0.3) is 5.69 Å². The Morgan fingerprint density at radius 3 is 2.62 bits per heavy atom. The summed E-state index contributed by atoms with van der Waals surface area (Å²) in [5.74, 6) is 0.378. The first kappa shape index (κ1) is 17.6. The van der Waals surface area contributed by atoms with Crippen molar-refractivity contribution in [2.24, 2.45) is 0 Å². The molecule has 0 saturated carbocycles. The van der Waals surface area contributed by atoms with Gasteiger partial charge in [-0.05, 0) is 30.7 Å². The van der Waals surface area contributed by atoms with Crippen LogP contribution in [-0.4, -0.2) is 38.5 Å². The second kappa shape index (κ2) is 7.75. The number of aliphatic hydroxyl groups excluding tert-OH is 1. The summed E-state index contributed by atoms with van der Waals surface area (Å²) in [6.45, 7) is 0.653. The zero-order chi connectivity index (χ0) is 18.5. The van der Waals surface area contributed by atoms with Gasteiger partial charge in [0.2, 0.25) is 5.95 Å². The number of fused-ring (bicyclic) bond motifs is 1. The highest BCUT2D eigenvalue weighted by atomic mass is 16.6. The van der Waals surface area contributed by atoms with Crippen LogP contribution in [0.5, 0.6) is 0 Å². The third-order valence-electron chi connectivity index (χ3n) is 3.97. The first-order valence-corrected chi connectivity index (χ1v) is 8.18. The normalized spacial score (nSPS) is 10.8. The Hall–Kier alpha value is -3.26. The molecule has 0 aliphatic heterocycles. The number of anilines is 1. The first-order chi connectivity index (χ1) is 12.6. The zero-order valence-corrected chi connectivity index (χ0v) is 14.0. The predicted molar refractivity (Wildman–Crippen MR) is 97.4 cm³/mol. The number of carbonyl (C=O) groups excluding carboxylic acids is 1. The Balaban J connectivity index is 1.87. The lowest BCUT2D eigenvalue weighted by atomic mass is 10.1. The molecule has 0 unspecified atom stereocenters. The summed E-state index contributed by atoms with van der Waals surface area (Å²) in [6, 6.07) is 13.0. The van der Waals surface area contributed by atoms with Crippen LogP contribution in [0.3, 0.4) is 0 Å². The number of aliphatic hydroxyl groups is 1. The van der Waals surface area contributed by atoms with Gasteiger partial charge < -0.3 is 15.0 Å². The molecule has 3 rings (SSSR count). The molecule has 1 aromatic heterocycles. The summed E-state index contributed by atoms with van der Waals surface area (Å²) in [6.07, 6.45) is 0.569. The average Bonchev–Trinajstić information content (AvgIpc) is 2.99. The van der Waals surface area contributed by atoms with E-state index in [0.29, 0.717) is 24.5 Å². The van der Waals surface area contributed by atoms with E-state index in [1.54, 1.807) is 4.57 Å². The Morgan fingerprint density at radius 2 is 1.92 bits per heavy atom. The van der Waals surface area contributed by atoms with Gasteiger partial charge in [0.15, 0.2) is 5.78 Å². The maximum atomic E-state index is 12.6. The van der Waals surface area contributed by atoms with Crippen LogP contribution in [0.2, 0.25) is 0 Å². The smallest absolute Gasteiger partial charge is 0.269 e. The van der Waals surface area contributed by atoms with Crippen molar-refractivity contribution >= 4 is 28.5 Å². The molecule has 1 heterocycles. The molecule has 0 bridgehead atoms. The Labute approximate surface area is 149 Å². The molecule has 2 aromatic carbocycles. The number of non-ortho nitro benzene ring substituents is 1. The van der Waals surface area contributed by atoms with Gasteiger partial charge in [-0.15, -0.1) is 0 Å². The molecule has 0 aliphatic rings. The highest BCUT2D eigenvalue weighted by molar-refractivity contribution is 5.97. The number of aromatic nitrogens is 2. The van der Waals surface area contributed by atoms with E-state index in [1.807, 2.05) is 24.3 Å². The van der Waals surface area contributed by atoms with E-state index in [-0.39, 0.29) is 24.6 Å². The largest absolute Gasteiger partial charge is 0.396 e. The van der Waals surface area contributed by atoms with Crippen LogP contribution in [0.4, 0.5) is 11.6 Å². The third kappa shape index (κ3) is 3.70. The Kier molecular flexibility index (Phi) is 5.23. The number of Topliss-reactive ketones (excluding diaryl/α,β-unsaturated/α-hetero) is 1. The third-order valence-corrected chi connectivity index (χ3v) is 3.97. The first-order valence-electron chi connectivity index (χ1n) is 8.18. The van der Waals surface area contributed by atoms with E-state index in [2.05, 4.69) is 10.3 Å². The van der Waals surface area contributed by atoms with Crippen molar-refractivity contribution in [3.05, 3.63) is 64.2 Å². The van der Waals surface area contributed by atoms with Gasteiger partial charge in [-0.3, -0.25) is 14.9 Å². The van der Waals surface area contributed by atoms with Gasteiger partial charge in [0, 0.05) is 30.8 Å². The maximum absolute atomic E-state index is 12.6. The number of carbonyl (C=O) groups is 1. The number of ketones is 1. The lowest BCUT2D eigenvalue weighted by molar-refractivity contribution is -0.384. The number of hydrogen-bond donors (Lipinski definition) is 2. The van der Waals surface area contributed by atoms with Crippen molar-refractivity contribution in [3.8, 4) is 0 Å². The lowest BCUT2D eigenvalue weighted by Gasteiger charge is -2.10. The van der Waals surface area contributed by atoms with Gasteiger partial charge in [0.05, 0.1) is 22.5 Å². The van der Waals surface area contributed by atoms with Crippen molar-refractivity contribution < 1.29 is 14.8 Å². The molecular formula is C18H18N4O4. The van der Waals surface area contributed by atoms with Crippen LogP contribution in [0.1, 0.15) is 16.8 Å². The van der Waals surface area contributed by atoms with Crippen LogP contribution in [0.25, 0.3) is 11.0 Å². The van der Waals surface area contributed by atoms with E-state index in [0.717, 1.165) is 11.0 Å². The summed E-state index contributed by atoms with van der Waals surface area (Å²) in [7, 11) is 0. The SMILES string of the molecule is O=C(Cn1c(NCCCO)nc2ccccc21)c1ccc([N+](=O)[O-])cc1. The number of para-hydroxylation sites is 2. The van der Waals surface area contributed by atoms with Crippen LogP contribution in [0, 0.1) is 10.1 Å². The monoisotopic (exact) mass is 354 g/mol. The number of nitrogens with zero attached hydrogens (tertiary/aromatic N) is 3. The summed E-state index contributed by atoms with van der Waals surface area (Å²) in [4.78, 5) is 27.4. The van der Waals surface area contributed by atoms with E-state index in [9.17, 15) is 14.9 Å². The number of imidazole rings is 1. The van der Waals surface area contributed by atoms with Crippen molar-refractivity contribution in [1.29, 1.82) is 0 Å². The Bertz CT molecular complexity index is 934. The lowest BCUT2D eigenvalue weighted by Crippen LogP contribution is -2.15. The minimum Gasteiger partial charge on any atom is -0.396 e. The number of nitrogens with one attached hydrogen (secondary N) is 1. The van der Waals surface area contributed by atoms with E-state index in [1.165, 1.54) is 24.3 Å². The van der Waals surface area contributed by atoms with Crippen LogP contribution in [-0.2, 0) is 6.54 Å². The van der Waals surface area contributed by atoms with Gasteiger partial charge >= 0.3 is 0 Å². The summed E-state index contributed by atoms with van der Waals surface area (Å²) < 4.78 is 1.77. The molecule has 0 fully saturated rings. The fourth-order valence-electron chi connectivity index (χ4n) is 2.65.